The molecule has 0 spiro atoms. The fraction of sp³-hybridized carbons (Fsp3) is 0.235. The molecule has 0 saturated carbocycles. The Morgan fingerprint density at radius 1 is 1.18 bits per heavy atom. The molecule has 4 nitrogen and oxygen atoms in total. The van der Waals surface area contributed by atoms with Crippen molar-refractivity contribution in [3.8, 4) is 11.5 Å². The minimum absolute atomic E-state index is 0.124. The van der Waals surface area contributed by atoms with Crippen LogP contribution in [0, 0.1) is 12.7 Å². The predicted molar refractivity (Wildman–Crippen MR) is 82.9 cm³/mol. The van der Waals surface area contributed by atoms with E-state index in [1.54, 1.807) is 25.1 Å². The van der Waals surface area contributed by atoms with E-state index in [9.17, 15) is 9.18 Å². The second kappa shape index (κ2) is 6.93. The number of ether oxygens (including phenoxy) is 2. The Morgan fingerprint density at radius 2 is 1.91 bits per heavy atom. The van der Waals surface area contributed by atoms with Crippen LogP contribution in [0.5, 0.6) is 11.5 Å². The van der Waals surface area contributed by atoms with Crippen LogP contribution in [0.4, 0.5) is 10.1 Å². The fourth-order valence-corrected chi connectivity index (χ4v) is 1.91. The maximum atomic E-state index is 13.5. The molecule has 1 N–H and O–H groups in total. The van der Waals surface area contributed by atoms with E-state index < -0.39 is 17.8 Å². The first-order chi connectivity index (χ1) is 10.5. The lowest BCUT2D eigenvalue weighted by molar-refractivity contribution is -0.122. The van der Waals surface area contributed by atoms with Crippen LogP contribution in [0.1, 0.15) is 12.5 Å². The van der Waals surface area contributed by atoms with Crippen molar-refractivity contribution >= 4 is 11.6 Å². The molecule has 0 saturated heterocycles. The molecule has 1 amide bonds. The molecular weight excluding hydrogens is 285 g/mol. The van der Waals surface area contributed by atoms with Gasteiger partial charge in [-0.1, -0.05) is 18.2 Å². The van der Waals surface area contributed by atoms with E-state index in [0.29, 0.717) is 11.5 Å². The van der Waals surface area contributed by atoms with Crippen molar-refractivity contribution in [1.82, 2.24) is 0 Å². The maximum Gasteiger partial charge on any atom is 0.265 e. The summed E-state index contributed by atoms with van der Waals surface area (Å²) in [5.41, 5.74) is 1.14. The highest BCUT2D eigenvalue weighted by Gasteiger charge is 2.18. The third kappa shape index (κ3) is 3.75. The molecular formula is C17H18FNO3. The van der Waals surface area contributed by atoms with Crippen molar-refractivity contribution < 1.29 is 18.7 Å². The second-order valence-electron chi connectivity index (χ2n) is 4.88. The summed E-state index contributed by atoms with van der Waals surface area (Å²) in [6.07, 6.45) is -0.795. The monoisotopic (exact) mass is 303 g/mol. The van der Waals surface area contributed by atoms with Crippen LogP contribution in [0.2, 0.25) is 0 Å². The first kappa shape index (κ1) is 15.8. The van der Waals surface area contributed by atoms with E-state index in [1.807, 2.05) is 19.1 Å². The third-order valence-corrected chi connectivity index (χ3v) is 3.12. The molecule has 0 aliphatic carbocycles. The van der Waals surface area contributed by atoms with Crippen LogP contribution >= 0.6 is 0 Å². The van der Waals surface area contributed by atoms with Gasteiger partial charge < -0.3 is 14.8 Å². The second-order valence-corrected chi connectivity index (χ2v) is 4.88. The Balaban J connectivity index is 2.07. The number of hydrogen-bond donors (Lipinski definition) is 1. The fourth-order valence-electron chi connectivity index (χ4n) is 1.91. The number of nitrogens with one attached hydrogen (secondary N) is 1. The highest BCUT2D eigenvalue weighted by atomic mass is 19.1. The molecule has 1 atom stereocenters. The highest BCUT2D eigenvalue weighted by Crippen LogP contribution is 2.28. The lowest BCUT2D eigenvalue weighted by atomic mass is 10.2. The van der Waals surface area contributed by atoms with E-state index >= 15 is 0 Å². The largest absolute Gasteiger partial charge is 0.493 e. The van der Waals surface area contributed by atoms with Gasteiger partial charge in [0, 0.05) is 0 Å². The van der Waals surface area contributed by atoms with Crippen LogP contribution in [0.15, 0.2) is 42.5 Å². The zero-order chi connectivity index (χ0) is 16.1. The van der Waals surface area contributed by atoms with Crippen LogP contribution in [0.25, 0.3) is 0 Å². The van der Waals surface area contributed by atoms with Crippen molar-refractivity contribution in [2.75, 3.05) is 12.4 Å². The summed E-state index contributed by atoms with van der Waals surface area (Å²) in [6, 6.07) is 11.4. The first-order valence-electron chi connectivity index (χ1n) is 6.88. The molecule has 0 fully saturated rings. The van der Waals surface area contributed by atoms with Gasteiger partial charge in [0.2, 0.25) is 0 Å². The van der Waals surface area contributed by atoms with Gasteiger partial charge in [-0.2, -0.15) is 0 Å². The summed E-state index contributed by atoms with van der Waals surface area (Å²) in [5.74, 6) is 0.0820. The Labute approximate surface area is 128 Å². The molecule has 0 bridgehead atoms. The van der Waals surface area contributed by atoms with Crippen LogP contribution < -0.4 is 14.8 Å². The average molecular weight is 303 g/mol. The molecule has 2 aromatic carbocycles. The van der Waals surface area contributed by atoms with E-state index in [2.05, 4.69) is 5.32 Å². The smallest absolute Gasteiger partial charge is 0.265 e. The van der Waals surface area contributed by atoms with E-state index in [0.717, 1.165) is 5.56 Å². The Kier molecular flexibility index (Phi) is 4.99. The molecule has 0 aliphatic rings. The van der Waals surface area contributed by atoms with E-state index in [4.69, 9.17) is 9.47 Å². The highest BCUT2D eigenvalue weighted by molar-refractivity contribution is 5.94. The van der Waals surface area contributed by atoms with Gasteiger partial charge in [-0.15, -0.1) is 0 Å². The summed E-state index contributed by atoms with van der Waals surface area (Å²) in [7, 11) is 1.53. The minimum atomic E-state index is -0.795. The molecule has 22 heavy (non-hydrogen) atoms. The Morgan fingerprint density at radius 3 is 2.59 bits per heavy atom. The number of carbonyl (C=O) groups is 1. The van der Waals surface area contributed by atoms with Gasteiger partial charge in [-0.25, -0.2) is 4.39 Å². The topological polar surface area (TPSA) is 47.6 Å². The van der Waals surface area contributed by atoms with Gasteiger partial charge in [0.05, 0.1) is 12.8 Å². The summed E-state index contributed by atoms with van der Waals surface area (Å²) in [4.78, 5) is 12.1. The number of amides is 1. The van der Waals surface area contributed by atoms with Crippen molar-refractivity contribution in [2.45, 2.75) is 20.0 Å². The van der Waals surface area contributed by atoms with E-state index in [1.165, 1.54) is 19.2 Å². The zero-order valence-corrected chi connectivity index (χ0v) is 12.7. The van der Waals surface area contributed by atoms with Gasteiger partial charge in [-0.3, -0.25) is 4.79 Å². The van der Waals surface area contributed by atoms with Crippen LogP contribution in [-0.4, -0.2) is 19.1 Å². The lowest BCUT2D eigenvalue weighted by Gasteiger charge is -2.17. The lowest BCUT2D eigenvalue weighted by Crippen LogP contribution is -2.30. The number of para-hydroxylation sites is 1. The quantitative estimate of drug-likeness (QED) is 0.919. The maximum absolute atomic E-state index is 13.5. The number of rotatable bonds is 5. The molecule has 0 aromatic heterocycles. The van der Waals surface area contributed by atoms with E-state index in [-0.39, 0.29) is 5.69 Å². The molecule has 0 heterocycles. The summed E-state index contributed by atoms with van der Waals surface area (Å²) in [5, 5.41) is 2.50. The molecule has 0 radical (unpaired) electrons. The minimum Gasteiger partial charge on any atom is -0.493 e. The summed E-state index contributed by atoms with van der Waals surface area (Å²) in [6.45, 7) is 3.52. The van der Waals surface area contributed by atoms with Gasteiger partial charge >= 0.3 is 0 Å². The average Bonchev–Trinajstić information content (AvgIpc) is 2.51. The van der Waals surface area contributed by atoms with Crippen molar-refractivity contribution in [3.63, 3.8) is 0 Å². The summed E-state index contributed by atoms with van der Waals surface area (Å²) >= 11 is 0. The number of carbonyl (C=O) groups excluding carboxylic acids is 1. The standard InChI is InChI=1S/C17H18FNO3/c1-11-8-9-15(16(10-11)21-3)22-12(2)17(20)19-14-7-5-4-6-13(14)18/h4-10,12H,1-3H3,(H,19,20)/t12-/m0/s1. The van der Waals surface area contributed by atoms with Crippen molar-refractivity contribution in [1.29, 1.82) is 0 Å². The number of benzene rings is 2. The Bertz CT molecular complexity index is 673. The van der Waals surface area contributed by atoms with Gasteiger partial charge in [-0.05, 0) is 43.7 Å². The summed E-state index contributed by atoms with van der Waals surface area (Å²) < 4.78 is 24.4. The number of methoxy groups -OCH3 is 1. The SMILES string of the molecule is COc1cc(C)ccc1O[C@@H](C)C(=O)Nc1ccccc1F. The Hall–Kier alpha value is -2.56. The molecule has 2 rings (SSSR count). The first-order valence-corrected chi connectivity index (χ1v) is 6.88. The normalized spacial score (nSPS) is 11.6. The number of aryl methyl sites for hydroxylation is 1. The zero-order valence-electron chi connectivity index (χ0n) is 12.7. The van der Waals surface area contributed by atoms with Gasteiger partial charge in [0.1, 0.15) is 5.82 Å². The van der Waals surface area contributed by atoms with Gasteiger partial charge in [0.15, 0.2) is 17.6 Å². The van der Waals surface area contributed by atoms with Crippen LogP contribution in [-0.2, 0) is 4.79 Å². The third-order valence-electron chi connectivity index (χ3n) is 3.12. The molecule has 116 valence electrons. The van der Waals surface area contributed by atoms with Crippen molar-refractivity contribution in [3.05, 3.63) is 53.8 Å². The molecule has 5 heteroatoms. The van der Waals surface area contributed by atoms with Crippen LogP contribution in [0.3, 0.4) is 0 Å². The number of halogens is 1. The molecule has 2 aromatic rings. The van der Waals surface area contributed by atoms with Crippen molar-refractivity contribution in [2.24, 2.45) is 0 Å². The predicted octanol–water partition coefficient (Wildman–Crippen LogP) is 3.55. The molecule has 0 aliphatic heterocycles. The number of anilines is 1. The number of hydrogen-bond acceptors (Lipinski definition) is 3. The van der Waals surface area contributed by atoms with Gasteiger partial charge in [0.25, 0.3) is 5.91 Å². The molecule has 0 unspecified atom stereocenters.